The molecule has 2 heterocycles. The predicted octanol–water partition coefficient (Wildman–Crippen LogP) is 2.19. The molecule has 2 amide bonds. The molecule has 0 radical (unpaired) electrons. The molecule has 1 N–H and O–H groups in total. The quantitative estimate of drug-likeness (QED) is 0.666. The van der Waals surface area contributed by atoms with Gasteiger partial charge in [0.15, 0.2) is 0 Å². The minimum atomic E-state index is -0.681. The normalized spacial score (nSPS) is 16.8. The molecule has 0 aliphatic carbocycles. The van der Waals surface area contributed by atoms with Crippen LogP contribution in [0.25, 0.3) is 6.08 Å². The first-order valence-corrected chi connectivity index (χ1v) is 7.45. The Kier molecular flexibility index (Phi) is 4.43. The van der Waals surface area contributed by atoms with E-state index in [1.54, 1.807) is 17.6 Å². The number of carbonyl (C=O) groups excluding carboxylic acids is 2. The van der Waals surface area contributed by atoms with Gasteiger partial charge in [0, 0.05) is 17.5 Å². The summed E-state index contributed by atoms with van der Waals surface area (Å²) < 4.78 is 1.75. The lowest BCUT2D eigenvalue weighted by atomic mass is 9.89. The number of carbonyl (C=O) groups is 2. The molecule has 0 spiro atoms. The summed E-state index contributed by atoms with van der Waals surface area (Å²) in [6.45, 7) is 7.88. The zero-order valence-corrected chi connectivity index (χ0v) is 14.1. The molecule has 6 heteroatoms. The minimum Gasteiger partial charge on any atom is -0.334 e. The van der Waals surface area contributed by atoms with Gasteiger partial charge in [-0.25, -0.2) is 0 Å². The number of hydrogen-bond donors (Lipinski definition) is 1. The Morgan fingerprint density at radius 2 is 1.92 bits per heavy atom. The SMILES string of the molecule is CC1=C(C#N)C(=O)NC(=O)/C1=C/c1cc(C(C)(C)C)cn1CC#N. The Hall–Kier alpha value is -3.12. The van der Waals surface area contributed by atoms with Crippen molar-refractivity contribution in [3.8, 4) is 12.1 Å². The van der Waals surface area contributed by atoms with Crippen LogP contribution in [0.15, 0.2) is 29.0 Å². The fraction of sp³-hybridized carbons (Fsp3) is 0.333. The highest BCUT2D eigenvalue weighted by Crippen LogP contribution is 2.27. The summed E-state index contributed by atoms with van der Waals surface area (Å²) in [7, 11) is 0. The molecule has 1 aromatic heterocycles. The zero-order chi connectivity index (χ0) is 18.1. The van der Waals surface area contributed by atoms with E-state index in [0.29, 0.717) is 11.3 Å². The topological polar surface area (TPSA) is 98.7 Å². The fourth-order valence-electron chi connectivity index (χ4n) is 2.43. The van der Waals surface area contributed by atoms with Crippen LogP contribution in [0.2, 0.25) is 0 Å². The van der Waals surface area contributed by atoms with Crippen molar-refractivity contribution < 1.29 is 9.59 Å². The predicted molar refractivity (Wildman–Crippen MR) is 88.2 cm³/mol. The number of hydrogen-bond acceptors (Lipinski definition) is 4. The summed E-state index contributed by atoms with van der Waals surface area (Å²) in [5, 5.41) is 20.3. The molecule has 0 saturated carbocycles. The van der Waals surface area contributed by atoms with Gasteiger partial charge in [-0.15, -0.1) is 0 Å². The van der Waals surface area contributed by atoms with Crippen LogP contribution in [0.5, 0.6) is 0 Å². The third kappa shape index (κ3) is 3.13. The van der Waals surface area contributed by atoms with Crippen molar-refractivity contribution in [3.05, 3.63) is 40.2 Å². The number of rotatable bonds is 2. The van der Waals surface area contributed by atoms with Crippen LogP contribution in [-0.2, 0) is 21.5 Å². The molecule has 0 fully saturated rings. The highest BCUT2D eigenvalue weighted by molar-refractivity contribution is 6.19. The van der Waals surface area contributed by atoms with E-state index in [9.17, 15) is 9.59 Å². The van der Waals surface area contributed by atoms with Gasteiger partial charge >= 0.3 is 0 Å². The molecule has 1 aromatic rings. The number of amides is 2. The van der Waals surface area contributed by atoms with Crippen molar-refractivity contribution in [2.24, 2.45) is 0 Å². The van der Waals surface area contributed by atoms with Crippen molar-refractivity contribution in [3.63, 3.8) is 0 Å². The third-order valence-electron chi connectivity index (χ3n) is 3.92. The first-order chi connectivity index (χ1) is 11.2. The summed E-state index contributed by atoms with van der Waals surface area (Å²) >= 11 is 0. The van der Waals surface area contributed by atoms with Gasteiger partial charge in [-0.1, -0.05) is 20.8 Å². The highest BCUT2D eigenvalue weighted by Gasteiger charge is 2.28. The molecule has 0 unspecified atom stereocenters. The number of nitrogens with one attached hydrogen (secondary N) is 1. The van der Waals surface area contributed by atoms with Gasteiger partial charge in [0.1, 0.15) is 18.2 Å². The Morgan fingerprint density at radius 3 is 2.46 bits per heavy atom. The minimum absolute atomic E-state index is 0.0738. The van der Waals surface area contributed by atoms with Crippen molar-refractivity contribution in [2.75, 3.05) is 0 Å². The molecule has 0 atom stereocenters. The van der Waals surface area contributed by atoms with E-state index in [0.717, 1.165) is 5.56 Å². The lowest BCUT2D eigenvalue weighted by Gasteiger charge is -2.16. The van der Waals surface area contributed by atoms with Crippen LogP contribution in [0, 0.1) is 22.7 Å². The maximum absolute atomic E-state index is 12.1. The van der Waals surface area contributed by atoms with Crippen molar-refractivity contribution >= 4 is 17.9 Å². The Labute approximate surface area is 140 Å². The fourth-order valence-corrected chi connectivity index (χ4v) is 2.43. The average Bonchev–Trinajstić information content (AvgIpc) is 2.87. The second-order valence-corrected chi connectivity index (χ2v) is 6.64. The monoisotopic (exact) mass is 322 g/mol. The standard InChI is InChI=1S/C18H18N4O2/c1-11-14(16(23)21-17(24)15(11)9-20)8-13-7-12(18(2,3)4)10-22(13)6-5-19/h7-8,10H,6H2,1-4H3,(H,21,23,24)/b14-8+. The van der Waals surface area contributed by atoms with Gasteiger partial charge in [-0.2, -0.15) is 10.5 Å². The molecule has 1 aliphatic rings. The molecule has 0 bridgehead atoms. The molecule has 2 rings (SSSR count). The van der Waals surface area contributed by atoms with Crippen molar-refractivity contribution in [1.82, 2.24) is 9.88 Å². The number of nitrogens with zero attached hydrogens (tertiary/aromatic N) is 3. The van der Waals surface area contributed by atoms with Gasteiger partial charge in [0.2, 0.25) is 0 Å². The molecule has 24 heavy (non-hydrogen) atoms. The van der Waals surface area contributed by atoms with Gasteiger partial charge in [-0.3, -0.25) is 14.9 Å². The van der Waals surface area contributed by atoms with Crippen LogP contribution in [0.4, 0.5) is 0 Å². The van der Waals surface area contributed by atoms with E-state index in [2.05, 4.69) is 32.2 Å². The highest BCUT2D eigenvalue weighted by atomic mass is 16.2. The lowest BCUT2D eigenvalue weighted by molar-refractivity contribution is -0.126. The first-order valence-electron chi connectivity index (χ1n) is 7.45. The maximum Gasteiger partial charge on any atom is 0.269 e. The molecule has 0 saturated heterocycles. The zero-order valence-electron chi connectivity index (χ0n) is 14.1. The van der Waals surface area contributed by atoms with Gasteiger partial charge in [0.05, 0.1) is 6.07 Å². The molecular formula is C18H18N4O2. The van der Waals surface area contributed by atoms with Crippen LogP contribution >= 0.6 is 0 Å². The van der Waals surface area contributed by atoms with Crippen molar-refractivity contribution in [1.29, 1.82) is 10.5 Å². The summed E-state index contributed by atoms with van der Waals surface area (Å²) in [5.41, 5.74) is 2.12. The van der Waals surface area contributed by atoms with E-state index in [-0.39, 0.29) is 23.1 Å². The third-order valence-corrected chi connectivity index (χ3v) is 3.92. The first kappa shape index (κ1) is 17.2. The van der Waals surface area contributed by atoms with Gasteiger partial charge in [-0.05, 0) is 35.6 Å². The van der Waals surface area contributed by atoms with Crippen LogP contribution in [0.3, 0.4) is 0 Å². The summed E-state index contributed by atoms with van der Waals surface area (Å²) in [6.07, 6.45) is 3.49. The van der Waals surface area contributed by atoms with Gasteiger partial charge in [0.25, 0.3) is 11.8 Å². The van der Waals surface area contributed by atoms with Gasteiger partial charge < -0.3 is 4.57 Å². The summed E-state index contributed by atoms with van der Waals surface area (Å²) in [6, 6.07) is 5.83. The second-order valence-electron chi connectivity index (χ2n) is 6.64. The molecule has 0 aromatic carbocycles. The van der Waals surface area contributed by atoms with E-state index in [4.69, 9.17) is 10.5 Å². The number of imide groups is 1. The second kappa shape index (κ2) is 6.17. The molecular weight excluding hydrogens is 304 g/mol. The maximum atomic E-state index is 12.1. The largest absolute Gasteiger partial charge is 0.334 e. The van der Waals surface area contributed by atoms with E-state index < -0.39 is 11.8 Å². The molecule has 1 aliphatic heterocycles. The number of nitriles is 2. The Balaban J connectivity index is 2.62. The van der Waals surface area contributed by atoms with E-state index >= 15 is 0 Å². The van der Waals surface area contributed by atoms with E-state index in [1.807, 2.05) is 18.3 Å². The molecule has 6 nitrogen and oxygen atoms in total. The Morgan fingerprint density at radius 1 is 1.25 bits per heavy atom. The lowest BCUT2D eigenvalue weighted by Crippen LogP contribution is -2.37. The smallest absolute Gasteiger partial charge is 0.269 e. The van der Waals surface area contributed by atoms with Crippen LogP contribution in [-0.4, -0.2) is 16.4 Å². The average molecular weight is 322 g/mol. The van der Waals surface area contributed by atoms with Crippen molar-refractivity contribution in [2.45, 2.75) is 39.7 Å². The van der Waals surface area contributed by atoms with E-state index in [1.165, 1.54) is 0 Å². The summed E-state index contributed by atoms with van der Waals surface area (Å²) in [4.78, 5) is 23.8. The van der Waals surface area contributed by atoms with Crippen LogP contribution < -0.4 is 5.32 Å². The summed E-state index contributed by atoms with van der Waals surface area (Å²) in [5.74, 6) is -1.22. The molecule has 122 valence electrons. The Bertz CT molecular complexity index is 864. The number of aromatic nitrogens is 1. The van der Waals surface area contributed by atoms with Crippen LogP contribution in [0.1, 0.15) is 39.0 Å².